The van der Waals surface area contributed by atoms with Crippen LogP contribution in [0.5, 0.6) is 0 Å². The number of carbonyl (C=O) groups excluding carboxylic acids is 1. The maximum Gasteiger partial charge on any atom is 0.224 e. The summed E-state index contributed by atoms with van der Waals surface area (Å²) in [6.07, 6.45) is 1.46. The number of hydrogen-bond acceptors (Lipinski definition) is 2. The number of benzene rings is 1. The smallest absolute Gasteiger partial charge is 0.224 e. The Kier molecular flexibility index (Phi) is 5.35. The molecule has 18 heavy (non-hydrogen) atoms. The summed E-state index contributed by atoms with van der Waals surface area (Å²) < 4.78 is 0. The topological polar surface area (TPSA) is 41.1 Å². The third-order valence-corrected chi connectivity index (χ3v) is 2.76. The molecular weight excluding hydrogens is 224 g/mol. The summed E-state index contributed by atoms with van der Waals surface area (Å²) in [7, 11) is 1.90. The first-order chi connectivity index (χ1) is 8.42. The highest BCUT2D eigenvalue weighted by atomic mass is 16.1. The minimum absolute atomic E-state index is 0.0912. The Bertz CT molecular complexity index is 394. The van der Waals surface area contributed by atoms with Crippen LogP contribution in [0.2, 0.25) is 0 Å². The summed E-state index contributed by atoms with van der Waals surface area (Å²) >= 11 is 0. The van der Waals surface area contributed by atoms with E-state index in [-0.39, 0.29) is 11.3 Å². The van der Waals surface area contributed by atoms with E-state index in [0.29, 0.717) is 6.42 Å². The van der Waals surface area contributed by atoms with Gasteiger partial charge in [0.05, 0.1) is 0 Å². The number of para-hydroxylation sites is 1. The van der Waals surface area contributed by atoms with Crippen LogP contribution in [0.4, 0.5) is 5.69 Å². The molecule has 0 unspecified atom stereocenters. The Balaban J connectivity index is 2.59. The number of rotatable bonds is 5. The minimum atomic E-state index is 0.0912. The molecule has 2 N–H and O–H groups in total. The molecule has 0 aromatic heterocycles. The van der Waals surface area contributed by atoms with Gasteiger partial charge in [0, 0.05) is 18.7 Å². The highest BCUT2D eigenvalue weighted by molar-refractivity contribution is 5.91. The van der Waals surface area contributed by atoms with E-state index in [1.807, 2.05) is 31.3 Å². The third kappa shape index (κ3) is 5.32. The molecule has 3 nitrogen and oxygen atoms in total. The van der Waals surface area contributed by atoms with E-state index in [1.54, 1.807) is 0 Å². The molecule has 1 rings (SSSR count). The lowest BCUT2D eigenvalue weighted by molar-refractivity contribution is -0.116. The molecule has 1 aromatic carbocycles. The molecule has 0 aliphatic carbocycles. The molecule has 0 aliphatic heterocycles. The van der Waals surface area contributed by atoms with Crippen molar-refractivity contribution in [2.45, 2.75) is 40.2 Å². The molecule has 0 fully saturated rings. The molecule has 0 bridgehead atoms. The van der Waals surface area contributed by atoms with Gasteiger partial charge >= 0.3 is 0 Å². The van der Waals surface area contributed by atoms with Gasteiger partial charge in [-0.05, 0) is 30.5 Å². The number of carbonyl (C=O) groups is 1. The summed E-state index contributed by atoms with van der Waals surface area (Å²) in [4.78, 5) is 11.9. The van der Waals surface area contributed by atoms with E-state index in [1.165, 1.54) is 0 Å². The number of nitrogens with one attached hydrogen (secondary N) is 2. The highest BCUT2D eigenvalue weighted by Gasteiger charge is 2.13. The first-order valence-corrected chi connectivity index (χ1v) is 6.45. The molecule has 0 spiro atoms. The second-order valence-electron chi connectivity index (χ2n) is 5.80. The van der Waals surface area contributed by atoms with E-state index in [4.69, 9.17) is 0 Å². The average Bonchev–Trinajstić information content (AvgIpc) is 2.29. The molecular formula is C15H24N2O. The van der Waals surface area contributed by atoms with Crippen LogP contribution in [-0.2, 0) is 11.3 Å². The summed E-state index contributed by atoms with van der Waals surface area (Å²) in [6, 6.07) is 7.90. The van der Waals surface area contributed by atoms with Crippen LogP contribution in [0.3, 0.4) is 0 Å². The summed E-state index contributed by atoms with van der Waals surface area (Å²) in [6.45, 7) is 7.20. The van der Waals surface area contributed by atoms with Crippen LogP contribution in [0.25, 0.3) is 0 Å². The Morgan fingerprint density at radius 2 is 1.89 bits per heavy atom. The predicted octanol–water partition coefficient (Wildman–Crippen LogP) is 3.17. The van der Waals surface area contributed by atoms with Crippen molar-refractivity contribution in [1.82, 2.24) is 5.32 Å². The first-order valence-electron chi connectivity index (χ1n) is 6.45. The Morgan fingerprint density at radius 3 is 2.50 bits per heavy atom. The SMILES string of the molecule is CNCc1ccccc1NC(=O)CCC(C)(C)C. The van der Waals surface area contributed by atoms with Crippen molar-refractivity contribution in [3.05, 3.63) is 29.8 Å². The Labute approximate surface area is 110 Å². The van der Waals surface area contributed by atoms with E-state index in [9.17, 15) is 4.79 Å². The van der Waals surface area contributed by atoms with E-state index < -0.39 is 0 Å². The fraction of sp³-hybridized carbons (Fsp3) is 0.533. The molecule has 0 saturated heterocycles. The normalized spacial score (nSPS) is 11.3. The minimum Gasteiger partial charge on any atom is -0.326 e. The van der Waals surface area contributed by atoms with Gasteiger partial charge in [0.2, 0.25) is 5.91 Å². The zero-order chi connectivity index (χ0) is 13.6. The van der Waals surface area contributed by atoms with Gasteiger partial charge in [0.25, 0.3) is 0 Å². The van der Waals surface area contributed by atoms with Gasteiger partial charge in [-0.2, -0.15) is 0 Å². The number of hydrogen-bond donors (Lipinski definition) is 2. The van der Waals surface area contributed by atoms with Gasteiger partial charge in [-0.15, -0.1) is 0 Å². The summed E-state index contributed by atoms with van der Waals surface area (Å²) in [5.41, 5.74) is 2.22. The van der Waals surface area contributed by atoms with Crippen LogP contribution in [0.15, 0.2) is 24.3 Å². The molecule has 0 heterocycles. The summed E-state index contributed by atoms with van der Waals surface area (Å²) in [5, 5.41) is 6.09. The van der Waals surface area contributed by atoms with Crippen molar-refractivity contribution in [2.24, 2.45) is 5.41 Å². The lowest BCUT2D eigenvalue weighted by Gasteiger charge is -2.18. The monoisotopic (exact) mass is 248 g/mol. The van der Waals surface area contributed by atoms with Gasteiger partial charge in [0.1, 0.15) is 0 Å². The van der Waals surface area contributed by atoms with Crippen molar-refractivity contribution in [2.75, 3.05) is 12.4 Å². The molecule has 1 amide bonds. The predicted molar refractivity (Wildman–Crippen MR) is 76.5 cm³/mol. The highest BCUT2D eigenvalue weighted by Crippen LogP contribution is 2.21. The zero-order valence-electron chi connectivity index (χ0n) is 11.8. The molecule has 0 atom stereocenters. The van der Waals surface area contributed by atoms with E-state index >= 15 is 0 Å². The average molecular weight is 248 g/mol. The van der Waals surface area contributed by atoms with Gasteiger partial charge in [-0.25, -0.2) is 0 Å². The van der Waals surface area contributed by atoms with Crippen LogP contribution in [0, 0.1) is 5.41 Å². The third-order valence-electron chi connectivity index (χ3n) is 2.76. The Hall–Kier alpha value is -1.35. The first kappa shape index (κ1) is 14.7. The largest absolute Gasteiger partial charge is 0.326 e. The molecule has 1 aromatic rings. The molecule has 0 radical (unpaired) electrons. The van der Waals surface area contributed by atoms with E-state index in [0.717, 1.165) is 24.2 Å². The van der Waals surface area contributed by atoms with Gasteiger partial charge in [-0.1, -0.05) is 39.0 Å². The standard InChI is InChI=1S/C15H24N2O/c1-15(2,3)10-9-14(18)17-13-8-6-5-7-12(13)11-16-4/h5-8,16H,9-11H2,1-4H3,(H,17,18). The zero-order valence-corrected chi connectivity index (χ0v) is 11.8. The Morgan fingerprint density at radius 1 is 1.22 bits per heavy atom. The molecule has 3 heteroatoms. The van der Waals surface area contributed by atoms with Crippen molar-refractivity contribution in [1.29, 1.82) is 0 Å². The lowest BCUT2D eigenvalue weighted by atomic mass is 9.90. The van der Waals surface area contributed by atoms with Gasteiger partial charge in [-0.3, -0.25) is 4.79 Å². The van der Waals surface area contributed by atoms with E-state index in [2.05, 4.69) is 31.4 Å². The fourth-order valence-electron chi connectivity index (χ4n) is 1.69. The number of anilines is 1. The van der Waals surface area contributed by atoms with Crippen molar-refractivity contribution >= 4 is 11.6 Å². The van der Waals surface area contributed by atoms with Crippen molar-refractivity contribution in [3.8, 4) is 0 Å². The maximum absolute atomic E-state index is 11.9. The van der Waals surface area contributed by atoms with Gasteiger partial charge in [0.15, 0.2) is 0 Å². The summed E-state index contributed by atoms with van der Waals surface area (Å²) in [5.74, 6) is 0.0912. The van der Waals surface area contributed by atoms with Crippen molar-refractivity contribution < 1.29 is 4.79 Å². The molecule has 0 saturated carbocycles. The van der Waals surface area contributed by atoms with Crippen LogP contribution < -0.4 is 10.6 Å². The van der Waals surface area contributed by atoms with Crippen LogP contribution in [0.1, 0.15) is 39.2 Å². The fourth-order valence-corrected chi connectivity index (χ4v) is 1.69. The number of amides is 1. The second-order valence-corrected chi connectivity index (χ2v) is 5.80. The van der Waals surface area contributed by atoms with Crippen LogP contribution >= 0.6 is 0 Å². The van der Waals surface area contributed by atoms with Gasteiger partial charge < -0.3 is 10.6 Å². The molecule has 100 valence electrons. The maximum atomic E-state index is 11.9. The second kappa shape index (κ2) is 6.55. The lowest BCUT2D eigenvalue weighted by Crippen LogP contribution is -2.17. The van der Waals surface area contributed by atoms with Crippen LogP contribution in [-0.4, -0.2) is 13.0 Å². The van der Waals surface area contributed by atoms with Crippen molar-refractivity contribution in [3.63, 3.8) is 0 Å². The quantitative estimate of drug-likeness (QED) is 0.840. The molecule has 0 aliphatic rings.